The summed E-state index contributed by atoms with van der Waals surface area (Å²) in [5.74, 6) is -1.34. The molecule has 104 valence electrons. The zero-order chi connectivity index (χ0) is 14.5. The summed E-state index contributed by atoms with van der Waals surface area (Å²) in [6, 6.07) is 8.58. The van der Waals surface area contributed by atoms with Crippen molar-refractivity contribution >= 4 is 17.6 Å². The Labute approximate surface area is 114 Å². The Morgan fingerprint density at radius 1 is 1.30 bits per heavy atom. The predicted molar refractivity (Wildman–Crippen MR) is 70.3 cm³/mol. The maximum atomic E-state index is 11.7. The molecule has 2 rings (SSSR count). The lowest BCUT2D eigenvalue weighted by Gasteiger charge is -2.04. The third-order valence-electron chi connectivity index (χ3n) is 2.53. The lowest BCUT2D eigenvalue weighted by atomic mass is 10.3. The van der Waals surface area contributed by atoms with Crippen molar-refractivity contribution in [2.45, 2.75) is 0 Å². The number of rotatable bonds is 4. The molecule has 0 aliphatic heterocycles. The van der Waals surface area contributed by atoms with Gasteiger partial charge in [-0.15, -0.1) is 0 Å². The van der Waals surface area contributed by atoms with Gasteiger partial charge in [0.1, 0.15) is 0 Å². The molecule has 0 radical (unpaired) electrons. The van der Waals surface area contributed by atoms with Gasteiger partial charge < -0.3 is 15.2 Å². The summed E-state index contributed by atoms with van der Waals surface area (Å²) >= 11 is 0. The van der Waals surface area contributed by atoms with Gasteiger partial charge in [0.05, 0.1) is 18.5 Å². The minimum atomic E-state index is -0.705. The Morgan fingerprint density at radius 2 is 2.05 bits per heavy atom. The minimum Gasteiger partial charge on any atom is -0.466 e. The topological polar surface area (TPSA) is 96.4 Å². The van der Waals surface area contributed by atoms with E-state index in [1.807, 2.05) is 6.07 Å². The fourth-order valence-electron chi connectivity index (χ4n) is 1.52. The first-order valence-electron chi connectivity index (χ1n) is 5.76. The Hall–Kier alpha value is -2.83. The molecular weight excluding hydrogens is 262 g/mol. The molecular formula is C13H13N3O4. The van der Waals surface area contributed by atoms with Crippen LogP contribution in [0.2, 0.25) is 0 Å². The molecule has 1 heterocycles. The number of hydrogen-bond donors (Lipinski definition) is 1. The molecule has 0 fully saturated rings. The zero-order valence-corrected chi connectivity index (χ0v) is 10.8. The monoisotopic (exact) mass is 275 g/mol. The fraction of sp³-hybridized carbons (Fsp3) is 0.154. The number of methoxy groups -OCH3 is 1. The highest BCUT2D eigenvalue weighted by Crippen LogP contribution is 2.15. The molecule has 0 aliphatic rings. The lowest BCUT2D eigenvalue weighted by Crippen LogP contribution is -2.15. The molecule has 0 bridgehead atoms. The molecule has 0 atom stereocenters. The molecule has 0 saturated carbocycles. The zero-order valence-electron chi connectivity index (χ0n) is 10.8. The van der Waals surface area contributed by atoms with Gasteiger partial charge in [-0.2, -0.15) is 5.10 Å². The number of benzene rings is 1. The van der Waals surface area contributed by atoms with Crippen LogP contribution < -0.4 is 5.73 Å². The molecule has 0 spiro atoms. The number of nitrogen functional groups attached to an aromatic ring is 1. The first kappa shape index (κ1) is 13.6. The van der Waals surface area contributed by atoms with E-state index in [9.17, 15) is 9.59 Å². The highest BCUT2D eigenvalue weighted by molar-refractivity contribution is 5.88. The van der Waals surface area contributed by atoms with Gasteiger partial charge >= 0.3 is 11.9 Å². The smallest absolute Gasteiger partial charge is 0.359 e. The normalized spacial score (nSPS) is 10.1. The predicted octanol–water partition coefficient (Wildman–Crippen LogP) is 0.784. The average Bonchev–Trinajstić information content (AvgIpc) is 2.94. The van der Waals surface area contributed by atoms with E-state index in [2.05, 4.69) is 9.84 Å². The number of carbonyl (C=O) groups excluding carboxylic acids is 2. The van der Waals surface area contributed by atoms with Crippen LogP contribution >= 0.6 is 0 Å². The number of aromatic nitrogens is 2. The molecule has 0 unspecified atom stereocenters. The quantitative estimate of drug-likeness (QED) is 0.654. The van der Waals surface area contributed by atoms with Crippen LogP contribution in [-0.2, 0) is 14.3 Å². The summed E-state index contributed by atoms with van der Waals surface area (Å²) in [4.78, 5) is 22.5. The summed E-state index contributed by atoms with van der Waals surface area (Å²) in [6.07, 6.45) is 1.58. The van der Waals surface area contributed by atoms with Crippen molar-refractivity contribution in [3.63, 3.8) is 0 Å². The van der Waals surface area contributed by atoms with Crippen molar-refractivity contribution in [2.75, 3.05) is 19.5 Å². The van der Waals surface area contributed by atoms with Crippen LogP contribution in [0.25, 0.3) is 5.69 Å². The second kappa shape index (κ2) is 5.87. The van der Waals surface area contributed by atoms with E-state index in [0.29, 0.717) is 11.4 Å². The number of esters is 2. The summed E-state index contributed by atoms with van der Waals surface area (Å²) in [7, 11) is 1.21. The van der Waals surface area contributed by atoms with E-state index in [1.54, 1.807) is 24.4 Å². The van der Waals surface area contributed by atoms with Crippen molar-refractivity contribution in [3.8, 4) is 5.69 Å². The summed E-state index contributed by atoms with van der Waals surface area (Å²) < 4.78 is 10.6. The molecule has 1 aromatic carbocycles. The second-order valence-electron chi connectivity index (χ2n) is 3.86. The molecule has 0 amide bonds. The van der Waals surface area contributed by atoms with Crippen LogP contribution in [0.5, 0.6) is 0 Å². The van der Waals surface area contributed by atoms with Gasteiger partial charge in [0.25, 0.3) is 0 Å². The molecule has 0 saturated heterocycles. The minimum absolute atomic E-state index is 0.0807. The van der Waals surface area contributed by atoms with Gasteiger partial charge in [0.15, 0.2) is 12.3 Å². The maximum absolute atomic E-state index is 11.7. The van der Waals surface area contributed by atoms with Gasteiger partial charge in [0, 0.05) is 6.20 Å². The molecule has 1 aromatic heterocycles. The van der Waals surface area contributed by atoms with Crippen LogP contribution in [0.3, 0.4) is 0 Å². The largest absolute Gasteiger partial charge is 0.466 e. The Bertz CT molecular complexity index is 636. The Kier molecular flexibility index (Phi) is 3.99. The van der Waals surface area contributed by atoms with E-state index < -0.39 is 18.5 Å². The van der Waals surface area contributed by atoms with Gasteiger partial charge in [-0.25, -0.2) is 14.3 Å². The highest BCUT2D eigenvalue weighted by Gasteiger charge is 2.14. The van der Waals surface area contributed by atoms with Crippen LogP contribution in [0, 0.1) is 0 Å². The third-order valence-corrected chi connectivity index (χ3v) is 2.53. The number of carbonyl (C=O) groups is 2. The molecule has 2 aromatic rings. The molecule has 2 N–H and O–H groups in total. The first-order chi connectivity index (χ1) is 9.61. The van der Waals surface area contributed by atoms with Gasteiger partial charge in [-0.05, 0) is 18.2 Å². The van der Waals surface area contributed by atoms with E-state index >= 15 is 0 Å². The number of anilines is 1. The van der Waals surface area contributed by atoms with Crippen LogP contribution in [0.4, 0.5) is 5.69 Å². The van der Waals surface area contributed by atoms with E-state index in [1.165, 1.54) is 17.9 Å². The van der Waals surface area contributed by atoms with Crippen molar-refractivity contribution in [1.82, 2.24) is 9.78 Å². The van der Waals surface area contributed by atoms with Crippen LogP contribution in [-0.4, -0.2) is 35.4 Å². The lowest BCUT2D eigenvalue weighted by molar-refractivity contribution is -0.144. The SMILES string of the molecule is COC(=O)COC(=O)c1ccn(-c2ccccc2N)n1. The van der Waals surface area contributed by atoms with Crippen molar-refractivity contribution < 1.29 is 19.1 Å². The Balaban J connectivity index is 2.11. The van der Waals surface area contributed by atoms with E-state index in [4.69, 9.17) is 10.5 Å². The van der Waals surface area contributed by atoms with Crippen molar-refractivity contribution in [1.29, 1.82) is 0 Å². The standard InChI is InChI=1S/C13H13N3O4/c1-19-12(17)8-20-13(18)10-6-7-16(15-10)11-5-3-2-4-9(11)14/h2-7H,8,14H2,1H3. The van der Waals surface area contributed by atoms with Gasteiger partial charge in [-0.3, -0.25) is 0 Å². The van der Waals surface area contributed by atoms with Crippen molar-refractivity contribution in [2.24, 2.45) is 0 Å². The van der Waals surface area contributed by atoms with Gasteiger partial charge in [-0.1, -0.05) is 12.1 Å². The van der Waals surface area contributed by atoms with Crippen LogP contribution in [0.15, 0.2) is 36.5 Å². The number of ether oxygens (including phenoxy) is 2. The number of hydrogen-bond acceptors (Lipinski definition) is 6. The second-order valence-corrected chi connectivity index (χ2v) is 3.86. The molecule has 7 heteroatoms. The van der Waals surface area contributed by atoms with Gasteiger partial charge in [0.2, 0.25) is 0 Å². The summed E-state index contributed by atoms with van der Waals surface area (Å²) in [5.41, 5.74) is 7.08. The summed E-state index contributed by atoms with van der Waals surface area (Å²) in [6.45, 7) is -0.449. The Morgan fingerprint density at radius 3 is 2.75 bits per heavy atom. The third kappa shape index (κ3) is 2.94. The first-order valence-corrected chi connectivity index (χ1v) is 5.76. The fourth-order valence-corrected chi connectivity index (χ4v) is 1.52. The molecule has 7 nitrogen and oxygen atoms in total. The van der Waals surface area contributed by atoms with E-state index in [-0.39, 0.29) is 5.69 Å². The summed E-state index contributed by atoms with van der Waals surface area (Å²) in [5, 5.41) is 4.06. The maximum Gasteiger partial charge on any atom is 0.359 e. The average molecular weight is 275 g/mol. The highest BCUT2D eigenvalue weighted by atomic mass is 16.6. The number of nitrogens with two attached hydrogens (primary N) is 1. The van der Waals surface area contributed by atoms with E-state index in [0.717, 1.165) is 0 Å². The number of para-hydroxylation sites is 2. The molecule has 20 heavy (non-hydrogen) atoms. The molecule has 0 aliphatic carbocycles. The van der Waals surface area contributed by atoms with Crippen LogP contribution in [0.1, 0.15) is 10.5 Å². The number of nitrogens with zero attached hydrogens (tertiary/aromatic N) is 2. The van der Waals surface area contributed by atoms with Crippen molar-refractivity contribution in [3.05, 3.63) is 42.2 Å².